The summed E-state index contributed by atoms with van der Waals surface area (Å²) in [6.07, 6.45) is 0. The summed E-state index contributed by atoms with van der Waals surface area (Å²) < 4.78 is 3.21. The summed E-state index contributed by atoms with van der Waals surface area (Å²) in [5, 5.41) is 3.52. The van der Waals surface area contributed by atoms with Crippen LogP contribution in [0.4, 0.5) is 5.69 Å². The predicted octanol–water partition coefficient (Wildman–Crippen LogP) is 2.94. The lowest BCUT2D eigenvalue weighted by Crippen LogP contribution is -2.23. The van der Waals surface area contributed by atoms with E-state index in [2.05, 4.69) is 29.1 Å². The van der Waals surface area contributed by atoms with Gasteiger partial charge in [-0.1, -0.05) is 43.8 Å². The Kier molecular flexibility index (Phi) is 7.45. The molecule has 0 radical (unpaired) electrons. The number of nitrogens with one attached hydrogen (secondary N) is 2. The van der Waals surface area contributed by atoms with Crippen LogP contribution in [-0.4, -0.2) is 36.2 Å². The fourth-order valence-corrected chi connectivity index (χ4v) is 4.25. The maximum atomic E-state index is 12.9. The van der Waals surface area contributed by atoms with Gasteiger partial charge in [0.15, 0.2) is 5.16 Å². The molecular formula is C21H25N5O3S2. The van der Waals surface area contributed by atoms with E-state index in [0.717, 1.165) is 11.8 Å². The normalized spacial score (nSPS) is 11.1. The zero-order chi connectivity index (χ0) is 22.5. The Morgan fingerprint density at radius 1 is 1.23 bits per heavy atom. The third-order valence-electron chi connectivity index (χ3n) is 4.50. The molecule has 3 aromatic rings. The number of H-pyrrole nitrogens is 1. The summed E-state index contributed by atoms with van der Waals surface area (Å²) in [5.74, 6) is 0.299. The highest BCUT2D eigenvalue weighted by atomic mass is 32.2. The Hall–Kier alpha value is -2.72. The number of rotatable bonds is 8. The minimum atomic E-state index is -0.347. The van der Waals surface area contributed by atoms with Crippen LogP contribution in [0.25, 0.3) is 5.69 Å². The second-order valence-corrected chi connectivity index (χ2v) is 9.70. The van der Waals surface area contributed by atoms with Crippen LogP contribution in [0, 0.1) is 6.92 Å². The molecule has 1 aromatic carbocycles. The van der Waals surface area contributed by atoms with Crippen LogP contribution in [0.1, 0.15) is 25.2 Å². The van der Waals surface area contributed by atoms with Crippen LogP contribution >= 0.6 is 23.5 Å². The average molecular weight is 460 g/mol. The smallest absolute Gasteiger partial charge is 0.295 e. The fourth-order valence-electron chi connectivity index (χ4n) is 2.90. The summed E-state index contributed by atoms with van der Waals surface area (Å²) in [6, 6.07) is 10.7. The second kappa shape index (κ2) is 10.1. The summed E-state index contributed by atoms with van der Waals surface area (Å²) >= 11 is 2.82. The van der Waals surface area contributed by atoms with Crippen molar-refractivity contribution in [3.8, 4) is 5.69 Å². The number of amides is 1. The molecule has 2 heterocycles. The predicted molar refractivity (Wildman–Crippen MR) is 126 cm³/mol. The Balaban J connectivity index is 1.71. The number of aromatic amines is 1. The number of aromatic nitrogens is 4. The maximum absolute atomic E-state index is 12.9. The van der Waals surface area contributed by atoms with Crippen molar-refractivity contribution in [2.45, 2.75) is 36.9 Å². The first-order valence-corrected chi connectivity index (χ1v) is 11.8. The van der Waals surface area contributed by atoms with Gasteiger partial charge >= 0.3 is 0 Å². The van der Waals surface area contributed by atoms with E-state index in [9.17, 15) is 14.4 Å². The molecule has 164 valence electrons. The van der Waals surface area contributed by atoms with Gasteiger partial charge in [0.2, 0.25) is 5.91 Å². The van der Waals surface area contributed by atoms with E-state index < -0.39 is 0 Å². The molecule has 0 unspecified atom stereocenters. The molecule has 2 N–H and O–H groups in total. The van der Waals surface area contributed by atoms with Crippen LogP contribution in [0.3, 0.4) is 0 Å². The minimum absolute atomic E-state index is 0.0167. The van der Waals surface area contributed by atoms with E-state index in [0.29, 0.717) is 33.2 Å². The van der Waals surface area contributed by atoms with Gasteiger partial charge in [0.1, 0.15) is 5.69 Å². The van der Waals surface area contributed by atoms with Gasteiger partial charge in [-0.3, -0.25) is 19.1 Å². The van der Waals surface area contributed by atoms with Gasteiger partial charge in [-0.05, 0) is 24.3 Å². The van der Waals surface area contributed by atoms with E-state index >= 15 is 0 Å². The second-order valence-electron chi connectivity index (χ2n) is 7.18. The highest BCUT2D eigenvalue weighted by Gasteiger charge is 2.18. The van der Waals surface area contributed by atoms with Crippen LogP contribution in [0.2, 0.25) is 0 Å². The van der Waals surface area contributed by atoms with E-state index in [1.165, 1.54) is 10.7 Å². The molecule has 0 aliphatic carbocycles. The lowest BCUT2D eigenvalue weighted by Gasteiger charge is -2.07. The highest BCUT2D eigenvalue weighted by molar-refractivity contribution is 7.99. The Bertz CT molecular complexity index is 1180. The number of anilines is 1. The number of thioether (sulfide) groups is 2. The molecule has 0 fully saturated rings. The van der Waals surface area contributed by atoms with Gasteiger partial charge in [-0.25, -0.2) is 9.67 Å². The topological polar surface area (TPSA) is 102 Å². The number of carbonyl (C=O) groups is 1. The number of hydrogen-bond acceptors (Lipinski definition) is 6. The van der Waals surface area contributed by atoms with Crippen molar-refractivity contribution in [3.05, 3.63) is 68.5 Å². The molecule has 0 aliphatic heterocycles. The quantitative estimate of drug-likeness (QED) is 0.397. The number of para-hydroxylation sites is 1. The largest absolute Gasteiger partial charge is 0.319 e. The zero-order valence-corrected chi connectivity index (χ0v) is 19.5. The van der Waals surface area contributed by atoms with E-state index in [4.69, 9.17) is 0 Å². The van der Waals surface area contributed by atoms with E-state index in [1.54, 1.807) is 30.4 Å². The molecule has 0 saturated carbocycles. The zero-order valence-electron chi connectivity index (χ0n) is 17.8. The first-order chi connectivity index (χ1) is 14.8. The van der Waals surface area contributed by atoms with Gasteiger partial charge in [0.05, 0.1) is 22.8 Å². The minimum Gasteiger partial charge on any atom is -0.319 e. The van der Waals surface area contributed by atoms with Crippen molar-refractivity contribution in [2.75, 3.05) is 11.1 Å². The first-order valence-electron chi connectivity index (χ1n) is 9.74. The molecule has 0 spiro atoms. The highest BCUT2D eigenvalue weighted by Crippen LogP contribution is 2.18. The van der Waals surface area contributed by atoms with Crippen molar-refractivity contribution < 1.29 is 4.79 Å². The molecular weight excluding hydrogens is 434 g/mol. The molecule has 0 bridgehead atoms. The number of hydrogen-bond donors (Lipinski definition) is 2. The molecule has 0 atom stereocenters. The number of benzene rings is 1. The molecule has 0 saturated heterocycles. The van der Waals surface area contributed by atoms with E-state index in [1.807, 2.05) is 30.3 Å². The molecule has 8 nitrogen and oxygen atoms in total. The molecule has 31 heavy (non-hydrogen) atoms. The van der Waals surface area contributed by atoms with Crippen molar-refractivity contribution in [2.24, 2.45) is 7.05 Å². The average Bonchev–Trinajstić information content (AvgIpc) is 2.94. The standard InChI is InChI=1S/C21H25N5O3S2/c1-13(2)30-11-15-10-17(27)24-21(22-15)31-12-18(28)23-19-14(3)25(4)26(20(19)29)16-8-6-5-7-9-16/h5-10,13H,11-12H2,1-4H3,(H,23,28)(H,22,24,27). The third-order valence-corrected chi connectivity index (χ3v) is 6.50. The molecule has 10 heteroatoms. The SMILES string of the molecule is Cc1c(NC(=O)CSc2nc(CSC(C)C)cc(=O)[nH]2)c(=O)n(-c2ccccc2)n1C. The van der Waals surface area contributed by atoms with Crippen molar-refractivity contribution in [3.63, 3.8) is 0 Å². The molecule has 3 rings (SSSR count). The van der Waals surface area contributed by atoms with Crippen molar-refractivity contribution >= 4 is 35.1 Å². The summed E-state index contributed by atoms with van der Waals surface area (Å²) in [7, 11) is 1.77. The van der Waals surface area contributed by atoms with Gasteiger partial charge in [0, 0.05) is 18.9 Å². The fraction of sp³-hybridized carbons (Fsp3) is 0.333. The summed E-state index contributed by atoms with van der Waals surface area (Å²) in [4.78, 5) is 44.4. The number of nitrogens with zero attached hydrogens (tertiary/aromatic N) is 3. The Labute approximate surface area is 188 Å². The van der Waals surface area contributed by atoms with Crippen molar-refractivity contribution in [1.82, 2.24) is 19.3 Å². The van der Waals surface area contributed by atoms with Gasteiger partial charge in [-0.2, -0.15) is 11.8 Å². The monoisotopic (exact) mass is 459 g/mol. The van der Waals surface area contributed by atoms with Gasteiger partial charge in [0.25, 0.3) is 11.1 Å². The van der Waals surface area contributed by atoms with Gasteiger partial charge < -0.3 is 10.3 Å². The van der Waals surface area contributed by atoms with Gasteiger partial charge in [-0.15, -0.1) is 0 Å². The Morgan fingerprint density at radius 2 is 1.94 bits per heavy atom. The third kappa shape index (κ3) is 5.71. The van der Waals surface area contributed by atoms with Crippen molar-refractivity contribution in [1.29, 1.82) is 0 Å². The lowest BCUT2D eigenvalue weighted by atomic mass is 10.3. The van der Waals surface area contributed by atoms with Crippen LogP contribution < -0.4 is 16.4 Å². The number of carbonyl (C=O) groups excluding carboxylic acids is 1. The lowest BCUT2D eigenvalue weighted by molar-refractivity contribution is -0.113. The summed E-state index contributed by atoms with van der Waals surface area (Å²) in [5.41, 5.74) is 1.72. The van der Waals surface area contributed by atoms with E-state index in [-0.39, 0.29) is 28.5 Å². The molecule has 0 aliphatic rings. The maximum Gasteiger partial charge on any atom is 0.295 e. The molecule has 1 amide bonds. The van der Waals surface area contributed by atoms with Crippen LogP contribution in [0.15, 0.2) is 51.1 Å². The summed E-state index contributed by atoms with van der Waals surface area (Å²) in [6.45, 7) is 5.93. The van der Waals surface area contributed by atoms with Crippen LogP contribution in [0.5, 0.6) is 0 Å². The Morgan fingerprint density at radius 3 is 2.61 bits per heavy atom. The molecule has 2 aromatic heterocycles. The van der Waals surface area contributed by atoms with Crippen LogP contribution in [-0.2, 0) is 17.6 Å². The first kappa shape index (κ1) is 23.0.